The fraction of sp³-hybridized carbons (Fsp3) is 0.364. The SMILES string of the molecule is CN(C)c1cc(F)c(F)cc1C(=O)CCN. The van der Waals surface area contributed by atoms with Gasteiger partial charge in [0, 0.05) is 32.1 Å². The molecule has 0 aliphatic heterocycles. The molecule has 0 fully saturated rings. The summed E-state index contributed by atoms with van der Waals surface area (Å²) in [4.78, 5) is 13.2. The largest absolute Gasteiger partial charge is 0.377 e. The highest BCUT2D eigenvalue weighted by atomic mass is 19.2. The van der Waals surface area contributed by atoms with Gasteiger partial charge in [-0.2, -0.15) is 0 Å². The van der Waals surface area contributed by atoms with Crippen molar-refractivity contribution in [3.63, 3.8) is 0 Å². The van der Waals surface area contributed by atoms with E-state index in [1.54, 1.807) is 19.0 Å². The number of rotatable bonds is 4. The Morgan fingerprint density at radius 1 is 1.31 bits per heavy atom. The first-order valence-electron chi connectivity index (χ1n) is 4.87. The van der Waals surface area contributed by atoms with Gasteiger partial charge in [-0.15, -0.1) is 0 Å². The zero-order valence-electron chi connectivity index (χ0n) is 9.26. The lowest BCUT2D eigenvalue weighted by Gasteiger charge is -2.17. The maximum Gasteiger partial charge on any atom is 0.166 e. The van der Waals surface area contributed by atoms with Crippen LogP contribution in [0.5, 0.6) is 0 Å². The molecule has 0 bridgehead atoms. The molecule has 0 heterocycles. The summed E-state index contributed by atoms with van der Waals surface area (Å²) in [5, 5.41) is 0. The molecule has 16 heavy (non-hydrogen) atoms. The monoisotopic (exact) mass is 228 g/mol. The fourth-order valence-corrected chi connectivity index (χ4v) is 1.40. The van der Waals surface area contributed by atoms with E-state index in [1.807, 2.05) is 0 Å². The highest BCUT2D eigenvalue weighted by Crippen LogP contribution is 2.23. The van der Waals surface area contributed by atoms with E-state index in [2.05, 4.69) is 0 Å². The van der Waals surface area contributed by atoms with Crippen LogP contribution in [0.3, 0.4) is 0 Å². The first-order chi connectivity index (χ1) is 7.47. The predicted molar refractivity (Wildman–Crippen MR) is 58.7 cm³/mol. The Balaban J connectivity index is 3.24. The second kappa shape index (κ2) is 5.03. The van der Waals surface area contributed by atoms with Gasteiger partial charge in [-0.05, 0) is 12.6 Å². The molecule has 1 aromatic rings. The Bertz CT molecular complexity index is 405. The second-order valence-corrected chi connectivity index (χ2v) is 3.64. The average molecular weight is 228 g/mol. The predicted octanol–water partition coefficient (Wildman–Crippen LogP) is 1.56. The maximum absolute atomic E-state index is 13.0. The molecule has 5 heteroatoms. The molecule has 1 rings (SSSR count). The smallest absolute Gasteiger partial charge is 0.166 e. The van der Waals surface area contributed by atoms with Gasteiger partial charge in [-0.3, -0.25) is 4.79 Å². The molecule has 0 amide bonds. The molecule has 3 nitrogen and oxygen atoms in total. The van der Waals surface area contributed by atoms with Crippen LogP contribution < -0.4 is 10.6 Å². The third-order valence-corrected chi connectivity index (χ3v) is 2.19. The summed E-state index contributed by atoms with van der Waals surface area (Å²) >= 11 is 0. The van der Waals surface area contributed by atoms with E-state index in [0.717, 1.165) is 12.1 Å². The summed E-state index contributed by atoms with van der Waals surface area (Å²) in [5.74, 6) is -2.27. The van der Waals surface area contributed by atoms with E-state index < -0.39 is 11.6 Å². The van der Waals surface area contributed by atoms with Crippen molar-refractivity contribution in [3.05, 3.63) is 29.3 Å². The van der Waals surface area contributed by atoms with Crippen LogP contribution in [0.1, 0.15) is 16.8 Å². The number of nitrogens with zero attached hydrogens (tertiary/aromatic N) is 1. The van der Waals surface area contributed by atoms with Gasteiger partial charge in [0.2, 0.25) is 0 Å². The van der Waals surface area contributed by atoms with Gasteiger partial charge >= 0.3 is 0 Å². The number of Topliss-reactive ketones (excluding diaryl/α,β-unsaturated/α-hetero) is 1. The Kier molecular flexibility index (Phi) is 3.95. The van der Waals surface area contributed by atoms with E-state index in [4.69, 9.17) is 5.73 Å². The molecule has 0 radical (unpaired) electrons. The minimum atomic E-state index is -1.02. The number of ketones is 1. The molecule has 0 aliphatic carbocycles. The van der Waals surface area contributed by atoms with Gasteiger partial charge < -0.3 is 10.6 Å². The lowest BCUT2D eigenvalue weighted by atomic mass is 10.0. The van der Waals surface area contributed by atoms with Gasteiger partial charge in [-0.1, -0.05) is 0 Å². The Hall–Kier alpha value is -1.49. The van der Waals surface area contributed by atoms with Crippen molar-refractivity contribution in [3.8, 4) is 0 Å². The number of hydrogen-bond acceptors (Lipinski definition) is 3. The number of nitrogens with two attached hydrogens (primary N) is 1. The minimum absolute atomic E-state index is 0.117. The van der Waals surface area contributed by atoms with Crippen LogP contribution in [0.4, 0.5) is 14.5 Å². The molecule has 0 aliphatic rings. The molecule has 0 saturated heterocycles. The molecular weight excluding hydrogens is 214 g/mol. The van der Waals surface area contributed by atoms with Crippen LogP contribution in [0, 0.1) is 11.6 Å². The Labute approximate surface area is 92.8 Å². The van der Waals surface area contributed by atoms with E-state index in [9.17, 15) is 13.6 Å². The molecule has 88 valence electrons. The first kappa shape index (κ1) is 12.6. The first-order valence-corrected chi connectivity index (χ1v) is 4.87. The summed E-state index contributed by atoms with van der Waals surface area (Å²) in [6.07, 6.45) is 0.117. The molecule has 0 spiro atoms. The highest BCUT2D eigenvalue weighted by Gasteiger charge is 2.16. The van der Waals surface area contributed by atoms with E-state index in [0.29, 0.717) is 5.69 Å². The molecule has 0 atom stereocenters. The van der Waals surface area contributed by atoms with Crippen LogP contribution in [0.15, 0.2) is 12.1 Å². The molecular formula is C11H14F2N2O. The molecule has 0 unspecified atom stereocenters. The van der Waals surface area contributed by atoms with Gasteiger partial charge in [-0.25, -0.2) is 8.78 Å². The molecule has 1 aromatic carbocycles. The van der Waals surface area contributed by atoms with Crippen LogP contribution in [-0.4, -0.2) is 26.4 Å². The summed E-state index contributed by atoms with van der Waals surface area (Å²) in [5.41, 5.74) is 5.78. The quantitative estimate of drug-likeness (QED) is 0.795. The van der Waals surface area contributed by atoms with E-state index >= 15 is 0 Å². The van der Waals surface area contributed by atoms with Crippen LogP contribution in [0.25, 0.3) is 0 Å². The van der Waals surface area contributed by atoms with E-state index in [-0.39, 0.29) is 24.3 Å². The highest BCUT2D eigenvalue weighted by molar-refractivity contribution is 6.01. The normalized spacial score (nSPS) is 10.3. The van der Waals surface area contributed by atoms with Crippen molar-refractivity contribution in [1.29, 1.82) is 0 Å². The standard InChI is InChI=1S/C11H14F2N2O/c1-15(2)10-6-9(13)8(12)5-7(10)11(16)3-4-14/h5-6H,3-4,14H2,1-2H3. The number of carbonyl (C=O) groups excluding carboxylic acids is 1. The van der Waals surface area contributed by atoms with Gasteiger partial charge in [0.1, 0.15) is 0 Å². The van der Waals surface area contributed by atoms with E-state index in [1.165, 1.54) is 0 Å². The minimum Gasteiger partial charge on any atom is -0.377 e. The Morgan fingerprint density at radius 2 is 1.88 bits per heavy atom. The topological polar surface area (TPSA) is 46.3 Å². The van der Waals surface area contributed by atoms with Crippen LogP contribution >= 0.6 is 0 Å². The van der Waals surface area contributed by atoms with Crippen molar-refractivity contribution >= 4 is 11.5 Å². The summed E-state index contributed by atoms with van der Waals surface area (Å²) < 4.78 is 26.1. The van der Waals surface area contributed by atoms with Crippen molar-refractivity contribution in [2.75, 3.05) is 25.5 Å². The van der Waals surface area contributed by atoms with Gasteiger partial charge in [0.15, 0.2) is 17.4 Å². The average Bonchev–Trinajstić information content (AvgIpc) is 2.21. The summed E-state index contributed by atoms with van der Waals surface area (Å²) in [6.45, 7) is 0.185. The van der Waals surface area contributed by atoms with Crippen molar-refractivity contribution in [1.82, 2.24) is 0 Å². The summed E-state index contributed by atoms with van der Waals surface area (Å²) in [6, 6.07) is 1.93. The fourth-order valence-electron chi connectivity index (χ4n) is 1.40. The lowest BCUT2D eigenvalue weighted by molar-refractivity contribution is 0.0985. The van der Waals surface area contributed by atoms with Gasteiger partial charge in [0.05, 0.1) is 5.69 Å². The number of halogens is 2. The molecule has 2 N–H and O–H groups in total. The number of hydrogen-bond donors (Lipinski definition) is 1. The van der Waals surface area contributed by atoms with Crippen molar-refractivity contribution in [2.45, 2.75) is 6.42 Å². The number of benzene rings is 1. The van der Waals surface area contributed by atoms with Gasteiger partial charge in [0.25, 0.3) is 0 Å². The van der Waals surface area contributed by atoms with Crippen molar-refractivity contribution in [2.24, 2.45) is 5.73 Å². The zero-order valence-corrected chi connectivity index (χ0v) is 9.26. The zero-order chi connectivity index (χ0) is 12.3. The lowest BCUT2D eigenvalue weighted by Crippen LogP contribution is -2.16. The van der Waals surface area contributed by atoms with Crippen molar-refractivity contribution < 1.29 is 13.6 Å². The summed E-state index contributed by atoms with van der Waals surface area (Å²) in [7, 11) is 3.32. The number of carbonyl (C=O) groups is 1. The third kappa shape index (κ3) is 2.55. The Morgan fingerprint density at radius 3 is 2.38 bits per heavy atom. The molecule has 0 aromatic heterocycles. The number of anilines is 1. The van der Waals surface area contributed by atoms with Crippen LogP contribution in [-0.2, 0) is 0 Å². The third-order valence-electron chi connectivity index (χ3n) is 2.19. The maximum atomic E-state index is 13.0. The molecule has 0 saturated carbocycles. The van der Waals surface area contributed by atoms with Crippen LogP contribution in [0.2, 0.25) is 0 Å². The second-order valence-electron chi connectivity index (χ2n) is 3.64.